The van der Waals surface area contributed by atoms with Gasteiger partial charge < -0.3 is 14.8 Å². The maximum Gasteiger partial charge on any atom is 0.119 e. The van der Waals surface area contributed by atoms with Crippen molar-refractivity contribution in [2.75, 3.05) is 26.9 Å². The van der Waals surface area contributed by atoms with Crippen molar-refractivity contribution in [1.82, 2.24) is 5.32 Å². The van der Waals surface area contributed by atoms with Crippen LogP contribution in [0.4, 0.5) is 0 Å². The Balaban J connectivity index is 1.81. The Morgan fingerprint density at radius 1 is 1.25 bits per heavy atom. The number of nitrogens with one attached hydrogen (secondary N) is 1. The van der Waals surface area contributed by atoms with E-state index < -0.39 is 0 Å². The molecule has 0 aliphatic heterocycles. The highest BCUT2D eigenvalue weighted by molar-refractivity contribution is 5.29. The molecule has 1 unspecified atom stereocenters. The molecule has 0 spiro atoms. The molecule has 0 amide bonds. The molecule has 20 heavy (non-hydrogen) atoms. The van der Waals surface area contributed by atoms with Crippen LogP contribution >= 0.6 is 0 Å². The van der Waals surface area contributed by atoms with Crippen LogP contribution in [0.1, 0.15) is 44.7 Å². The minimum Gasteiger partial charge on any atom is -0.494 e. The van der Waals surface area contributed by atoms with Crippen LogP contribution < -0.4 is 10.1 Å². The topological polar surface area (TPSA) is 30.5 Å². The molecule has 3 nitrogen and oxygen atoms in total. The van der Waals surface area contributed by atoms with Gasteiger partial charge in [-0.05, 0) is 56.2 Å². The van der Waals surface area contributed by atoms with E-state index in [0.29, 0.717) is 11.5 Å². The second-order valence-electron chi connectivity index (χ2n) is 5.85. The van der Waals surface area contributed by atoms with Gasteiger partial charge in [-0.25, -0.2) is 0 Å². The Bertz CT molecular complexity index is 398. The molecule has 112 valence electrons. The molecule has 0 radical (unpaired) electrons. The third kappa shape index (κ3) is 4.22. The van der Waals surface area contributed by atoms with Crippen LogP contribution in [0.15, 0.2) is 24.3 Å². The smallest absolute Gasteiger partial charge is 0.119 e. The third-order valence-electron chi connectivity index (χ3n) is 4.27. The summed E-state index contributed by atoms with van der Waals surface area (Å²) in [6.45, 7) is 6.91. The first kappa shape index (κ1) is 15.3. The Hall–Kier alpha value is -1.06. The maximum atomic E-state index is 5.47. The number of hydrogen-bond acceptors (Lipinski definition) is 3. The SMILES string of the molecule is CCOc1ccc(C(C)NCC2(CCOC)CC2)cc1. The van der Waals surface area contributed by atoms with Gasteiger partial charge in [-0.15, -0.1) is 0 Å². The molecule has 0 aromatic heterocycles. The van der Waals surface area contributed by atoms with Crippen LogP contribution in [0, 0.1) is 5.41 Å². The summed E-state index contributed by atoms with van der Waals surface area (Å²) in [4.78, 5) is 0. The zero-order valence-electron chi connectivity index (χ0n) is 12.9. The number of hydrogen-bond donors (Lipinski definition) is 1. The van der Waals surface area contributed by atoms with E-state index in [9.17, 15) is 0 Å². The second kappa shape index (κ2) is 7.09. The van der Waals surface area contributed by atoms with E-state index in [2.05, 4.69) is 36.5 Å². The van der Waals surface area contributed by atoms with Gasteiger partial charge in [0.05, 0.1) is 6.61 Å². The van der Waals surface area contributed by atoms with Crippen molar-refractivity contribution in [3.8, 4) is 5.75 Å². The zero-order valence-corrected chi connectivity index (χ0v) is 12.9. The molecular formula is C17H27NO2. The fourth-order valence-electron chi connectivity index (χ4n) is 2.52. The molecule has 0 heterocycles. The van der Waals surface area contributed by atoms with E-state index >= 15 is 0 Å². The van der Waals surface area contributed by atoms with Gasteiger partial charge >= 0.3 is 0 Å². The third-order valence-corrected chi connectivity index (χ3v) is 4.27. The summed E-state index contributed by atoms with van der Waals surface area (Å²) in [5.41, 5.74) is 1.81. The molecule has 1 aromatic rings. The van der Waals surface area contributed by atoms with Gasteiger partial charge in [0.1, 0.15) is 5.75 Å². The van der Waals surface area contributed by atoms with Crippen molar-refractivity contribution in [1.29, 1.82) is 0 Å². The summed E-state index contributed by atoms with van der Waals surface area (Å²) in [6, 6.07) is 8.78. The van der Waals surface area contributed by atoms with Crippen molar-refractivity contribution < 1.29 is 9.47 Å². The van der Waals surface area contributed by atoms with Crippen LogP contribution in [-0.4, -0.2) is 26.9 Å². The molecule has 0 bridgehead atoms. The molecule has 1 saturated carbocycles. The standard InChI is InChI=1S/C17H27NO2/c1-4-20-16-7-5-15(6-8-16)14(2)18-13-17(9-10-17)11-12-19-3/h5-8,14,18H,4,9-13H2,1-3H3. The van der Waals surface area contributed by atoms with E-state index in [1.165, 1.54) is 24.8 Å². The number of ether oxygens (including phenoxy) is 2. The highest BCUT2D eigenvalue weighted by Crippen LogP contribution is 2.48. The molecule has 1 N–H and O–H groups in total. The van der Waals surface area contributed by atoms with E-state index in [1.807, 2.05) is 6.92 Å². The van der Waals surface area contributed by atoms with Crippen LogP contribution in [0.25, 0.3) is 0 Å². The van der Waals surface area contributed by atoms with E-state index in [0.717, 1.165) is 25.5 Å². The summed E-state index contributed by atoms with van der Waals surface area (Å²) in [7, 11) is 1.78. The van der Waals surface area contributed by atoms with Gasteiger partial charge in [0.2, 0.25) is 0 Å². The molecule has 1 aromatic carbocycles. The van der Waals surface area contributed by atoms with Crippen LogP contribution in [0.5, 0.6) is 5.75 Å². The lowest BCUT2D eigenvalue weighted by atomic mass is 10.0. The van der Waals surface area contributed by atoms with Crippen molar-refractivity contribution in [2.45, 2.75) is 39.2 Å². The minimum atomic E-state index is 0.380. The fraction of sp³-hybridized carbons (Fsp3) is 0.647. The van der Waals surface area contributed by atoms with E-state index in [-0.39, 0.29) is 0 Å². The lowest BCUT2D eigenvalue weighted by molar-refractivity contribution is 0.170. The van der Waals surface area contributed by atoms with Crippen molar-refractivity contribution in [3.63, 3.8) is 0 Å². The second-order valence-corrected chi connectivity index (χ2v) is 5.85. The monoisotopic (exact) mass is 277 g/mol. The molecular weight excluding hydrogens is 250 g/mol. The average molecular weight is 277 g/mol. The highest BCUT2D eigenvalue weighted by Gasteiger charge is 2.41. The predicted molar refractivity (Wildman–Crippen MR) is 82.2 cm³/mol. The van der Waals surface area contributed by atoms with E-state index in [4.69, 9.17) is 9.47 Å². The molecule has 2 rings (SSSR count). The van der Waals surface area contributed by atoms with Crippen molar-refractivity contribution in [3.05, 3.63) is 29.8 Å². The summed E-state index contributed by atoms with van der Waals surface area (Å²) in [6.07, 6.45) is 3.84. The molecule has 1 aliphatic carbocycles. The summed E-state index contributed by atoms with van der Waals surface area (Å²) >= 11 is 0. The van der Waals surface area contributed by atoms with Gasteiger partial charge in [-0.3, -0.25) is 0 Å². The van der Waals surface area contributed by atoms with Crippen molar-refractivity contribution >= 4 is 0 Å². The van der Waals surface area contributed by atoms with E-state index in [1.54, 1.807) is 7.11 Å². The van der Waals surface area contributed by atoms with Gasteiger partial charge in [-0.1, -0.05) is 12.1 Å². The van der Waals surface area contributed by atoms with Crippen LogP contribution in [0.3, 0.4) is 0 Å². The summed E-state index contributed by atoms with van der Waals surface area (Å²) < 4.78 is 10.7. The van der Waals surface area contributed by atoms with Gasteiger partial charge in [0, 0.05) is 26.3 Å². The van der Waals surface area contributed by atoms with Gasteiger partial charge in [-0.2, -0.15) is 0 Å². The number of benzene rings is 1. The lowest BCUT2D eigenvalue weighted by Gasteiger charge is -2.20. The Morgan fingerprint density at radius 2 is 1.95 bits per heavy atom. The first-order valence-corrected chi connectivity index (χ1v) is 7.64. The van der Waals surface area contributed by atoms with Crippen LogP contribution in [-0.2, 0) is 4.74 Å². The largest absolute Gasteiger partial charge is 0.494 e. The minimum absolute atomic E-state index is 0.380. The summed E-state index contributed by atoms with van der Waals surface area (Å²) in [5.74, 6) is 0.946. The number of methoxy groups -OCH3 is 1. The molecule has 0 saturated heterocycles. The lowest BCUT2D eigenvalue weighted by Crippen LogP contribution is -2.27. The van der Waals surface area contributed by atoms with Gasteiger partial charge in [0.15, 0.2) is 0 Å². The first-order chi connectivity index (χ1) is 9.69. The normalized spacial score (nSPS) is 17.8. The highest BCUT2D eigenvalue weighted by atomic mass is 16.5. The predicted octanol–water partition coefficient (Wildman–Crippen LogP) is 3.55. The molecule has 1 aliphatic rings. The molecule has 1 atom stereocenters. The fourth-order valence-corrected chi connectivity index (χ4v) is 2.52. The maximum absolute atomic E-state index is 5.47. The average Bonchev–Trinajstić information content (AvgIpc) is 3.24. The Morgan fingerprint density at radius 3 is 2.50 bits per heavy atom. The first-order valence-electron chi connectivity index (χ1n) is 7.64. The Labute approximate surface area is 122 Å². The number of rotatable bonds is 9. The summed E-state index contributed by atoms with van der Waals surface area (Å²) in [5, 5.41) is 3.67. The molecule has 1 fully saturated rings. The quantitative estimate of drug-likeness (QED) is 0.748. The van der Waals surface area contributed by atoms with Gasteiger partial charge in [0.25, 0.3) is 0 Å². The Kier molecular flexibility index (Phi) is 5.44. The van der Waals surface area contributed by atoms with Crippen molar-refractivity contribution in [2.24, 2.45) is 5.41 Å². The van der Waals surface area contributed by atoms with Crippen LogP contribution in [0.2, 0.25) is 0 Å². The molecule has 3 heteroatoms. The zero-order chi connectivity index (χ0) is 14.4.